The quantitative estimate of drug-likeness (QED) is 0.416. The van der Waals surface area contributed by atoms with Crippen LogP contribution in [0, 0.1) is 6.07 Å². The Bertz CT molecular complexity index is 544. The van der Waals surface area contributed by atoms with Crippen LogP contribution in [0.3, 0.4) is 0 Å². The average Bonchev–Trinajstić information content (AvgIpc) is 2.29. The number of fused-ring (bicyclic) bond motifs is 3. The molecule has 0 fully saturated rings. The van der Waals surface area contributed by atoms with E-state index < -0.39 is 0 Å². The van der Waals surface area contributed by atoms with Gasteiger partial charge in [0.15, 0.2) is 0 Å². The molecule has 0 aliphatic carbocycles. The van der Waals surface area contributed by atoms with Gasteiger partial charge in [-0.05, 0) is 5.39 Å². The van der Waals surface area contributed by atoms with Gasteiger partial charge in [-0.3, -0.25) is 0 Å². The second-order valence-electron chi connectivity index (χ2n) is 3.42. The molecule has 0 nitrogen and oxygen atoms in total. The zero-order valence-corrected chi connectivity index (χ0v) is 10.3. The topological polar surface area (TPSA) is 0 Å². The van der Waals surface area contributed by atoms with Crippen LogP contribution >= 0.6 is 0 Å². The maximum Gasteiger partial charge on any atom is 0 e. The fourth-order valence-corrected chi connectivity index (χ4v) is 1.88. The van der Waals surface area contributed by atoms with Crippen molar-refractivity contribution in [1.82, 2.24) is 0 Å². The van der Waals surface area contributed by atoms with E-state index in [0.717, 1.165) is 0 Å². The summed E-state index contributed by atoms with van der Waals surface area (Å²) < 4.78 is 0. The normalized spacial score (nSPS) is 10.1. The van der Waals surface area contributed by atoms with Crippen molar-refractivity contribution in [3.63, 3.8) is 0 Å². The molecular weight excluding hydrogens is 363 g/mol. The van der Waals surface area contributed by atoms with Gasteiger partial charge in [0.1, 0.15) is 0 Å². The molecule has 0 heterocycles. The molecule has 0 spiro atoms. The van der Waals surface area contributed by atoms with Crippen LogP contribution in [0.25, 0.3) is 21.5 Å². The molecule has 0 unspecified atom stereocenters. The predicted molar refractivity (Wildman–Crippen MR) is 60.3 cm³/mol. The minimum absolute atomic E-state index is 0. The van der Waals surface area contributed by atoms with Crippen LogP contribution in [0.5, 0.6) is 0 Å². The second kappa shape index (κ2) is 4.16. The zero-order valence-electron chi connectivity index (χ0n) is 8.01. The van der Waals surface area contributed by atoms with Crippen LogP contribution in [0.15, 0.2) is 54.6 Å². The maximum atomic E-state index is 3.24. The summed E-state index contributed by atoms with van der Waals surface area (Å²) in [5.41, 5.74) is 0. The van der Waals surface area contributed by atoms with Crippen molar-refractivity contribution >= 4 is 21.5 Å². The summed E-state index contributed by atoms with van der Waals surface area (Å²) in [4.78, 5) is 0. The standard InChI is InChI=1S/C14H9.Pt/c1-3-7-13-11(5-1)9-10-12-6-2-4-8-14(12)13;/h1-5,7-10H;/q-1;. The van der Waals surface area contributed by atoms with Gasteiger partial charge in [-0.25, -0.2) is 0 Å². The smallest absolute Gasteiger partial charge is 0 e. The summed E-state index contributed by atoms with van der Waals surface area (Å²) in [6.45, 7) is 0. The molecule has 3 rings (SSSR count). The van der Waals surface area contributed by atoms with Gasteiger partial charge in [0.05, 0.1) is 0 Å². The van der Waals surface area contributed by atoms with E-state index in [0.29, 0.717) is 0 Å². The summed E-state index contributed by atoms with van der Waals surface area (Å²) in [5, 5.41) is 5.07. The van der Waals surface area contributed by atoms with Crippen molar-refractivity contribution < 1.29 is 21.1 Å². The third-order valence-electron chi connectivity index (χ3n) is 2.57. The Morgan fingerprint density at radius 1 is 0.733 bits per heavy atom. The molecule has 0 radical (unpaired) electrons. The van der Waals surface area contributed by atoms with E-state index >= 15 is 0 Å². The molecule has 0 aromatic heterocycles. The van der Waals surface area contributed by atoms with Crippen LogP contribution in [0.4, 0.5) is 0 Å². The Morgan fingerprint density at radius 2 is 1.53 bits per heavy atom. The number of hydrogen-bond acceptors (Lipinski definition) is 0. The monoisotopic (exact) mass is 372 g/mol. The van der Waals surface area contributed by atoms with Gasteiger partial charge in [-0.15, -0.1) is 41.1 Å². The summed E-state index contributed by atoms with van der Waals surface area (Å²) in [6.07, 6.45) is 0. The van der Waals surface area contributed by atoms with E-state index in [4.69, 9.17) is 0 Å². The van der Waals surface area contributed by atoms with Crippen molar-refractivity contribution in [3.05, 3.63) is 60.7 Å². The van der Waals surface area contributed by atoms with Crippen molar-refractivity contribution in [2.75, 3.05) is 0 Å². The van der Waals surface area contributed by atoms with Gasteiger partial charge in [0.25, 0.3) is 0 Å². The van der Waals surface area contributed by atoms with Crippen molar-refractivity contribution in [2.45, 2.75) is 0 Å². The van der Waals surface area contributed by atoms with E-state index in [-0.39, 0.29) is 21.1 Å². The van der Waals surface area contributed by atoms with E-state index in [1.165, 1.54) is 21.5 Å². The van der Waals surface area contributed by atoms with Crippen LogP contribution < -0.4 is 0 Å². The molecular formula is C14H9Pt-. The van der Waals surface area contributed by atoms with Crippen molar-refractivity contribution in [2.24, 2.45) is 0 Å². The Labute approximate surface area is 103 Å². The fraction of sp³-hybridized carbons (Fsp3) is 0. The van der Waals surface area contributed by atoms with E-state index in [1.807, 2.05) is 12.1 Å². The van der Waals surface area contributed by atoms with Gasteiger partial charge in [-0.1, -0.05) is 35.7 Å². The summed E-state index contributed by atoms with van der Waals surface area (Å²) in [7, 11) is 0. The molecule has 0 aliphatic heterocycles. The summed E-state index contributed by atoms with van der Waals surface area (Å²) >= 11 is 0. The van der Waals surface area contributed by atoms with Gasteiger partial charge >= 0.3 is 0 Å². The van der Waals surface area contributed by atoms with Crippen molar-refractivity contribution in [1.29, 1.82) is 0 Å². The third-order valence-corrected chi connectivity index (χ3v) is 2.57. The average molecular weight is 372 g/mol. The van der Waals surface area contributed by atoms with E-state index in [1.54, 1.807) is 0 Å². The minimum atomic E-state index is 0. The summed E-state index contributed by atoms with van der Waals surface area (Å²) in [5.74, 6) is 0. The first kappa shape index (κ1) is 10.4. The van der Waals surface area contributed by atoms with Crippen LogP contribution in [0.1, 0.15) is 0 Å². The van der Waals surface area contributed by atoms with Gasteiger partial charge in [-0.2, -0.15) is 0 Å². The molecule has 0 amide bonds. The van der Waals surface area contributed by atoms with Gasteiger partial charge in [0, 0.05) is 21.1 Å². The first-order chi connectivity index (χ1) is 6.95. The van der Waals surface area contributed by atoms with Crippen LogP contribution in [-0.4, -0.2) is 0 Å². The Morgan fingerprint density at radius 3 is 2.47 bits per heavy atom. The van der Waals surface area contributed by atoms with Crippen molar-refractivity contribution in [3.8, 4) is 0 Å². The molecule has 0 aliphatic rings. The van der Waals surface area contributed by atoms with E-state index in [9.17, 15) is 0 Å². The Kier molecular flexibility index (Phi) is 2.88. The molecule has 15 heavy (non-hydrogen) atoms. The minimum Gasteiger partial charge on any atom is -0.147 e. The van der Waals surface area contributed by atoms with E-state index in [2.05, 4.69) is 48.5 Å². The Balaban J connectivity index is 0.000000853. The zero-order chi connectivity index (χ0) is 9.38. The molecule has 76 valence electrons. The largest absolute Gasteiger partial charge is 0.147 e. The fourth-order valence-electron chi connectivity index (χ4n) is 1.88. The molecule has 3 aromatic rings. The molecule has 0 saturated heterocycles. The number of hydrogen-bond donors (Lipinski definition) is 0. The van der Waals surface area contributed by atoms with Crippen LogP contribution in [-0.2, 0) is 21.1 Å². The molecule has 0 bridgehead atoms. The second-order valence-corrected chi connectivity index (χ2v) is 3.42. The summed E-state index contributed by atoms with van der Waals surface area (Å²) in [6, 6.07) is 22.1. The first-order valence-electron chi connectivity index (χ1n) is 4.73. The molecule has 3 aromatic carbocycles. The predicted octanol–water partition coefficient (Wildman–Crippen LogP) is 3.79. The van der Waals surface area contributed by atoms with Crippen LogP contribution in [0.2, 0.25) is 0 Å². The molecule has 1 heteroatoms. The number of rotatable bonds is 0. The molecule has 0 atom stereocenters. The first-order valence-corrected chi connectivity index (χ1v) is 4.73. The number of benzene rings is 3. The van der Waals surface area contributed by atoms with Gasteiger partial charge < -0.3 is 0 Å². The third kappa shape index (κ3) is 1.70. The SMILES string of the molecule is [Pt].[c-]1cccc2c1ccc1ccccc12. The Hall–Kier alpha value is -1.13. The van der Waals surface area contributed by atoms with Gasteiger partial charge in [0.2, 0.25) is 0 Å². The molecule has 0 saturated carbocycles. The maximum absolute atomic E-state index is 3.24. The molecule has 0 N–H and O–H groups in total.